The molecule has 1 N–H and O–H groups in total. The molecule has 0 fully saturated rings. The summed E-state index contributed by atoms with van der Waals surface area (Å²) in [5, 5.41) is 3.83. The molecule has 0 radical (unpaired) electrons. The zero-order chi connectivity index (χ0) is 25.8. The first-order valence-corrected chi connectivity index (χ1v) is 13.1. The monoisotopic (exact) mass is 501 g/mol. The van der Waals surface area contributed by atoms with E-state index in [1.54, 1.807) is 0 Å². The molecule has 3 heterocycles. The van der Waals surface area contributed by atoms with E-state index in [0.29, 0.717) is 17.6 Å². The Morgan fingerprint density at radius 1 is 0.487 bits per heavy atom. The molecular formula is C34H23N5. The van der Waals surface area contributed by atoms with Crippen LogP contribution in [0.15, 0.2) is 127 Å². The predicted octanol–water partition coefficient (Wildman–Crippen LogP) is 8.12. The Labute approximate surface area is 226 Å². The molecule has 0 amide bonds. The van der Waals surface area contributed by atoms with E-state index in [0.717, 1.165) is 28.1 Å². The van der Waals surface area contributed by atoms with Crippen LogP contribution in [-0.4, -0.2) is 15.0 Å². The van der Waals surface area contributed by atoms with Gasteiger partial charge in [-0.2, -0.15) is 9.97 Å². The SMILES string of the molecule is c1ccc(-c2nc(-c3ccccc3)nc(N3c4ccccc4-c4cccc5c4C3Nc3ccccc3-5)n2)cc1. The van der Waals surface area contributed by atoms with Crippen molar-refractivity contribution >= 4 is 17.3 Å². The fraction of sp³-hybridized carbons (Fsp3) is 0.0294. The van der Waals surface area contributed by atoms with E-state index in [2.05, 4.69) is 76.9 Å². The Kier molecular flexibility index (Phi) is 4.82. The van der Waals surface area contributed by atoms with Gasteiger partial charge in [0.25, 0.3) is 0 Å². The van der Waals surface area contributed by atoms with E-state index < -0.39 is 0 Å². The maximum absolute atomic E-state index is 5.10. The largest absolute Gasteiger partial charge is 0.361 e. The van der Waals surface area contributed by atoms with Crippen LogP contribution >= 0.6 is 0 Å². The molecule has 5 nitrogen and oxygen atoms in total. The summed E-state index contributed by atoms with van der Waals surface area (Å²) in [5.41, 5.74) is 10.1. The van der Waals surface area contributed by atoms with Crippen molar-refractivity contribution < 1.29 is 0 Å². The zero-order valence-electron chi connectivity index (χ0n) is 21.0. The third kappa shape index (κ3) is 3.44. The summed E-state index contributed by atoms with van der Waals surface area (Å²) in [6, 6.07) is 43.8. The fourth-order valence-electron chi connectivity index (χ4n) is 5.77. The Bertz CT molecular complexity index is 1780. The van der Waals surface area contributed by atoms with Crippen LogP contribution in [0.1, 0.15) is 11.7 Å². The van der Waals surface area contributed by atoms with E-state index in [1.165, 1.54) is 22.3 Å². The van der Waals surface area contributed by atoms with Crippen molar-refractivity contribution in [3.8, 4) is 45.0 Å². The maximum atomic E-state index is 5.10. The number of anilines is 3. The van der Waals surface area contributed by atoms with E-state index >= 15 is 0 Å². The smallest absolute Gasteiger partial charge is 0.236 e. The van der Waals surface area contributed by atoms with Crippen molar-refractivity contribution in [2.24, 2.45) is 0 Å². The summed E-state index contributed by atoms with van der Waals surface area (Å²) in [5.74, 6) is 1.90. The molecule has 5 aromatic carbocycles. The van der Waals surface area contributed by atoms with Crippen LogP contribution in [0, 0.1) is 0 Å². The average Bonchev–Trinajstić information content (AvgIpc) is 3.02. The van der Waals surface area contributed by atoms with E-state index in [1.807, 2.05) is 60.7 Å². The van der Waals surface area contributed by atoms with Gasteiger partial charge in [0, 0.05) is 33.5 Å². The van der Waals surface area contributed by atoms with Gasteiger partial charge in [-0.05, 0) is 23.3 Å². The second kappa shape index (κ2) is 8.64. The van der Waals surface area contributed by atoms with Gasteiger partial charge in [-0.1, -0.05) is 115 Å². The topological polar surface area (TPSA) is 53.9 Å². The predicted molar refractivity (Wildman–Crippen MR) is 157 cm³/mol. The van der Waals surface area contributed by atoms with Gasteiger partial charge in [0.05, 0.1) is 5.69 Å². The lowest BCUT2D eigenvalue weighted by molar-refractivity contribution is 0.749. The van der Waals surface area contributed by atoms with Gasteiger partial charge in [-0.3, -0.25) is 4.90 Å². The van der Waals surface area contributed by atoms with Crippen molar-refractivity contribution in [3.63, 3.8) is 0 Å². The third-order valence-corrected chi connectivity index (χ3v) is 7.50. The molecule has 1 atom stereocenters. The molecule has 5 heteroatoms. The molecule has 2 aliphatic rings. The summed E-state index contributed by atoms with van der Waals surface area (Å²) in [6.07, 6.45) is -0.185. The zero-order valence-corrected chi connectivity index (χ0v) is 21.0. The molecule has 39 heavy (non-hydrogen) atoms. The maximum Gasteiger partial charge on any atom is 0.236 e. The number of aromatic nitrogens is 3. The van der Waals surface area contributed by atoms with Crippen LogP contribution in [-0.2, 0) is 0 Å². The molecule has 0 spiro atoms. The average molecular weight is 502 g/mol. The number of hydrogen-bond donors (Lipinski definition) is 1. The highest BCUT2D eigenvalue weighted by Gasteiger charge is 2.38. The van der Waals surface area contributed by atoms with Crippen molar-refractivity contribution in [2.75, 3.05) is 10.2 Å². The van der Waals surface area contributed by atoms with Crippen LogP contribution in [0.5, 0.6) is 0 Å². The number of hydrogen-bond acceptors (Lipinski definition) is 5. The van der Waals surface area contributed by atoms with Gasteiger partial charge in [-0.25, -0.2) is 4.98 Å². The molecule has 184 valence electrons. The first kappa shape index (κ1) is 21.8. The van der Waals surface area contributed by atoms with Gasteiger partial charge in [0.15, 0.2) is 11.6 Å². The van der Waals surface area contributed by atoms with E-state index in [-0.39, 0.29) is 6.17 Å². The van der Waals surface area contributed by atoms with E-state index in [4.69, 9.17) is 15.0 Å². The van der Waals surface area contributed by atoms with Crippen LogP contribution in [0.25, 0.3) is 45.0 Å². The van der Waals surface area contributed by atoms with Crippen LogP contribution < -0.4 is 10.2 Å². The summed E-state index contributed by atoms with van der Waals surface area (Å²) in [6.45, 7) is 0. The molecule has 6 aromatic rings. The second-order valence-corrected chi connectivity index (χ2v) is 9.76. The molecule has 2 aliphatic heterocycles. The van der Waals surface area contributed by atoms with Crippen molar-refractivity contribution in [2.45, 2.75) is 6.17 Å². The van der Waals surface area contributed by atoms with Gasteiger partial charge in [-0.15, -0.1) is 0 Å². The first-order chi connectivity index (χ1) is 19.3. The van der Waals surface area contributed by atoms with Gasteiger partial charge in [0.1, 0.15) is 6.17 Å². The molecule has 8 rings (SSSR count). The van der Waals surface area contributed by atoms with Crippen molar-refractivity contribution in [1.29, 1.82) is 0 Å². The molecule has 0 bridgehead atoms. The van der Waals surface area contributed by atoms with E-state index in [9.17, 15) is 0 Å². The number of fused-ring (bicyclic) bond motifs is 4. The number of benzene rings is 5. The minimum atomic E-state index is -0.185. The third-order valence-electron chi connectivity index (χ3n) is 7.50. The summed E-state index contributed by atoms with van der Waals surface area (Å²) in [7, 11) is 0. The fourth-order valence-corrected chi connectivity index (χ4v) is 5.77. The highest BCUT2D eigenvalue weighted by atomic mass is 15.4. The molecule has 1 unspecified atom stereocenters. The minimum absolute atomic E-state index is 0.185. The van der Waals surface area contributed by atoms with Crippen molar-refractivity contribution in [3.05, 3.63) is 133 Å². The first-order valence-electron chi connectivity index (χ1n) is 13.1. The Balaban J connectivity index is 1.40. The normalized spacial score (nSPS) is 14.6. The van der Waals surface area contributed by atoms with Crippen molar-refractivity contribution in [1.82, 2.24) is 15.0 Å². The summed E-state index contributed by atoms with van der Waals surface area (Å²) < 4.78 is 0. The highest BCUT2D eigenvalue weighted by Crippen LogP contribution is 2.53. The Morgan fingerprint density at radius 2 is 1.03 bits per heavy atom. The molecular weight excluding hydrogens is 478 g/mol. The lowest BCUT2D eigenvalue weighted by Crippen LogP contribution is -2.36. The number of nitrogens with one attached hydrogen (secondary N) is 1. The van der Waals surface area contributed by atoms with Crippen LogP contribution in [0.4, 0.5) is 17.3 Å². The van der Waals surface area contributed by atoms with Gasteiger partial charge in [0.2, 0.25) is 5.95 Å². The number of nitrogens with zero attached hydrogens (tertiary/aromatic N) is 4. The second-order valence-electron chi connectivity index (χ2n) is 9.76. The Morgan fingerprint density at radius 3 is 1.72 bits per heavy atom. The molecule has 1 aromatic heterocycles. The van der Waals surface area contributed by atoms with Gasteiger partial charge < -0.3 is 5.32 Å². The number of rotatable bonds is 3. The number of para-hydroxylation sites is 2. The molecule has 0 saturated carbocycles. The lowest BCUT2D eigenvalue weighted by Gasteiger charge is -2.43. The minimum Gasteiger partial charge on any atom is -0.361 e. The summed E-state index contributed by atoms with van der Waals surface area (Å²) in [4.78, 5) is 17.3. The Hall–Kier alpha value is -5.29. The highest BCUT2D eigenvalue weighted by molar-refractivity contribution is 5.96. The molecule has 0 saturated heterocycles. The quantitative estimate of drug-likeness (QED) is 0.265. The van der Waals surface area contributed by atoms with Gasteiger partial charge >= 0.3 is 0 Å². The molecule has 0 aliphatic carbocycles. The van der Waals surface area contributed by atoms with Crippen LogP contribution in [0.2, 0.25) is 0 Å². The standard InChI is InChI=1S/C34H23N5/c1-3-12-22(13-4-1)31-36-32(23-14-5-2-6-15-23)38-34(37-31)39-29-21-10-8-17-25(29)27-19-11-18-26-24-16-7-9-20-28(24)35-33(39)30(26)27/h1-21,33,35H. The summed E-state index contributed by atoms with van der Waals surface area (Å²) >= 11 is 0. The lowest BCUT2D eigenvalue weighted by atomic mass is 9.83. The van der Waals surface area contributed by atoms with Crippen LogP contribution in [0.3, 0.4) is 0 Å².